The van der Waals surface area contributed by atoms with Crippen LogP contribution in [0.15, 0.2) is 54.6 Å². The quantitative estimate of drug-likeness (QED) is 0.761. The molecule has 27 heavy (non-hydrogen) atoms. The minimum absolute atomic E-state index is 0.0103. The van der Waals surface area contributed by atoms with Gasteiger partial charge in [-0.05, 0) is 42.4 Å². The van der Waals surface area contributed by atoms with E-state index in [-0.39, 0.29) is 23.8 Å². The SMILES string of the molecule is CC(C)CC(NC(=O)CCC1Cc2ccccc2NC1=O)c1ccccc1. The first kappa shape index (κ1) is 19.2. The summed E-state index contributed by atoms with van der Waals surface area (Å²) < 4.78 is 0. The number of rotatable bonds is 7. The fourth-order valence-corrected chi connectivity index (χ4v) is 3.65. The molecular formula is C23H28N2O2. The van der Waals surface area contributed by atoms with Gasteiger partial charge in [0.25, 0.3) is 0 Å². The van der Waals surface area contributed by atoms with Crippen molar-refractivity contribution in [2.75, 3.05) is 5.32 Å². The van der Waals surface area contributed by atoms with Gasteiger partial charge in [-0.3, -0.25) is 9.59 Å². The van der Waals surface area contributed by atoms with E-state index in [1.807, 2.05) is 42.5 Å². The number of para-hydroxylation sites is 1. The minimum Gasteiger partial charge on any atom is -0.349 e. The fraction of sp³-hybridized carbons (Fsp3) is 0.391. The first-order chi connectivity index (χ1) is 13.0. The van der Waals surface area contributed by atoms with Crippen molar-refractivity contribution in [1.29, 1.82) is 0 Å². The summed E-state index contributed by atoms with van der Waals surface area (Å²) in [5.74, 6) is 0.363. The van der Waals surface area contributed by atoms with Crippen LogP contribution >= 0.6 is 0 Å². The van der Waals surface area contributed by atoms with Gasteiger partial charge in [-0.2, -0.15) is 0 Å². The topological polar surface area (TPSA) is 58.2 Å². The summed E-state index contributed by atoms with van der Waals surface area (Å²) in [5, 5.41) is 6.12. The maximum atomic E-state index is 12.6. The Morgan fingerprint density at radius 2 is 1.81 bits per heavy atom. The van der Waals surface area contributed by atoms with Crippen LogP contribution in [-0.2, 0) is 16.0 Å². The van der Waals surface area contributed by atoms with Gasteiger partial charge < -0.3 is 10.6 Å². The monoisotopic (exact) mass is 364 g/mol. The number of anilines is 1. The van der Waals surface area contributed by atoms with Gasteiger partial charge in [0.2, 0.25) is 11.8 Å². The predicted octanol–water partition coefficient (Wildman–Crippen LogP) is 4.48. The molecule has 2 amide bonds. The largest absolute Gasteiger partial charge is 0.349 e. The molecule has 4 nitrogen and oxygen atoms in total. The summed E-state index contributed by atoms with van der Waals surface area (Å²) in [4.78, 5) is 24.9. The van der Waals surface area contributed by atoms with Crippen molar-refractivity contribution in [3.8, 4) is 0 Å². The second-order valence-electron chi connectivity index (χ2n) is 7.75. The van der Waals surface area contributed by atoms with Crippen molar-refractivity contribution in [2.24, 2.45) is 11.8 Å². The molecule has 2 aromatic carbocycles. The number of carbonyl (C=O) groups excluding carboxylic acids is 2. The molecule has 0 aliphatic carbocycles. The lowest BCUT2D eigenvalue weighted by molar-refractivity contribution is -0.123. The molecule has 1 aliphatic rings. The number of benzene rings is 2. The van der Waals surface area contributed by atoms with Crippen LogP contribution in [0, 0.1) is 11.8 Å². The first-order valence-electron chi connectivity index (χ1n) is 9.76. The molecule has 0 aromatic heterocycles. The van der Waals surface area contributed by atoms with Gasteiger partial charge in [-0.25, -0.2) is 0 Å². The Labute approximate surface area is 161 Å². The molecule has 2 N–H and O–H groups in total. The molecule has 2 aromatic rings. The fourth-order valence-electron chi connectivity index (χ4n) is 3.65. The van der Waals surface area contributed by atoms with Gasteiger partial charge >= 0.3 is 0 Å². The Kier molecular flexibility index (Phi) is 6.28. The zero-order valence-corrected chi connectivity index (χ0v) is 16.1. The van der Waals surface area contributed by atoms with Crippen LogP contribution in [0.2, 0.25) is 0 Å². The van der Waals surface area contributed by atoms with Crippen LogP contribution in [0.3, 0.4) is 0 Å². The molecule has 2 unspecified atom stereocenters. The Balaban J connectivity index is 1.57. The lowest BCUT2D eigenvalue weighted by Gasteiger charge is -2.25. The van der Waals surface area contributed by atoms with Crippen LogP contribution in [0.1, 0.15) is 50.3 Å². The number of fused-ring (bicyclic) bond motifs is 1. The van der Waals surface area contributed by atoms with Crippen LogP contribution in [0.25, 0.3) is 0 Å². The van der Waals surface area contributed by atoms with Gasteiger partial charge in [-0.1, -0.05) is 62.4 Å². The normalized spacial score (nSPS) is 17.1. The van der Waals surface area contributed by atoms with E-state index in [0.717, 1.165) is 23.2 Å². The van der Waals surface area contributed by atoms with E-state index in [0.29, 0.717) is 25.2 Å². The third kappa shape index (κ3) is 5.19. The van der Waals surface area contributed by atoms with Gasteiger partial charge in [0.1, 0.15) is 0 Å². The maximum absolute atomic E-state index is 12.6. The van der Waals surface area contributed by atoms with E-state index < -0.39 is 0 Å². The van der Waals surface area contributed by atoms with E-state index in [1.54, 1.807) is 0 Å². The molecule has 4 heteroatoms. The van der Waals surface area contributed by atoms with Crippen LogP contribution in [0.5, 0.6) is 0 Å². The lowest BCUT2D eigenvalue weighted by Crippen LogP contribution is -2.33. The number of hydrogen-bond acceptors (Lipinski definition) is 2. The van der Waals surface area contributed by atoms with E-state index in [9.17, 15) is 9.59 Å². The number of nitrogens with one attached hydrogen (secondary N) is 2. The Hall–Kier alpha value is -2.62. The molecule has 0 fully saturated rings. The van der Waals surface area contributed by atoms with E-state index >= 15 is 0 Å². The Bertz CT molecular complexity index is 786. The van der Waals surface area contributed by atoms with Gasteiger partial charge in [0, 0.05) is 18.0 Å². The third-order valence-corrected chi connectivity index (χ3v) is 5.08. The molecule has 2 atom stereocenters. The van der Waals surface area contributed by atoms with Crippen molar-refractivity contribution in [2.45, 2.75) is 45.6 Å². The van der Waals surface area contributed by atoms with E-state index in [1.165, 1.54) is 0 Å². The summed E-state index contributed by atoms with van der Waals surface area (Å²) in [6.45, 7) is 4.32. The Morgan fingerprint density at radius 3 is 2.56 bits per heavy atom. The summed E-state index contributed by atoms with van der Waals surface area (Å²) in [6.07, 6.45) is 2.52. The van der Waals surface area contributed by atoms with E-state index in [4.69, 9.17) is 0 Å². The molecular weight excluding hydrogens is 336 g/mol. The Morgan fingerprint density at radius 1 is 1.11 bits per heavy atom. The summed E-state index contributed by atoms with van der Waals surface area (Å²) >= 11 is 0. The number of hydrogen-bond donors (Lipinski definition) is 2. The van der Waals surface area contributed by atoms with Crippen molar-refractivity contribution in [3.63, 3.8) is 0 Å². The number of amides is 2. The van der Waals surface area contributed by atoms with E-state index in [2.05, 4.69) is 36.6 Å². The molecule has 0 saturated heterocycles. The third-order valence-electron chi connectivity index (χ3n) is 5.08. The minimum atomic E-state index is -0.147. The average molecular weight is 364 g/mol. The van der Waals surface area contributed by atoms with Crippen molar-refractivity contribution in [1.82, 2.24) is 5.32 Å². The predicted molar refractivity (Wildman–Crippen MR) is 108 cm³/mol. The van der Waals surface area contributed by atoms with Gasteiger partial charge in [0.15, 0.2) is 0 Å². The highest BCUT2D eigenvalue weighted by Gasteiger charge is 2.26. The average Bonchev–Trinajstić information content (AvgIpc) is 2.66. The van der Waals surface area contributed by atoms with Crippen LogP contribution < -0.4 is 10.6 Å². The second kappa shape index (κ2) is 8.85. The standard InChI is InChI=1S/C23H28N2O2/c1-16(2)14-21(17-8-4-3-5-9-17)24-22(26)13-12-19-15-18-10-6-7-11-20(18)25-23(19)27/h3-11,16,19,21H,12-15H2,1-2H3,(H,24,26)(H,25,27). The zero-order chi connectivity index (χ0) is 19.2. The molecule has 0 radical (unpaired) electrons. The van der Waals surface area contributed by atoms with Crippen molar-refractivity contribution in [3.05, 3.63) is 65.7 Å². The molecule has 1 heterocycles. The van der Waals surface area contributed by atoms with Crippen molar-refractivity contribution < 1.29 is 9.59 Å². The molecule has 1 aliphatic heterocycles. The highest BCUT2D eigenvalue weighted by molar-refractivity contribution is 5.96. The van der Waals surface area contributed by atoms with Gasteiger partial charge in [0.05, 0.1) is 6.04 Å². The summed E-state index contributed by atoms with van der Waals surface area (Å²) in [6, 6.07) is 18.0. The molecule has 3 rings (SSSR count). The first-order valence-corrected chi connectivity index (χ1v) is 9.76. The molecule has 142 valence electrons. The highest BCUT2D eigenvalue weighted by atomic mass is 16.2. The second-order valence-corrected chi connectivity index (χ2v) is 7.75. The summed E-state index contributed by atoms with van der Waals surface area (Å²) in [5.41, 5.74) is 3.16. The highest BCUT2D eigenvalue weighted by Crippen LogP contribution is 2.28. The van der Waals surface area contributed by atoms with Gasteiger partial charge in [-0.15, -0.1) is 0 Å². The zero-order valence-electron chi connectivity index (χ0n) is 16.1. The number of carbonyl (C=O) groups is 2. The molecule has 0 spiro atoms. The smallest absolute Gasteiger partial charge is 0.227 e. The molecule has 0 saturated carbocycles. The van der Waals surface area contributed by atoms with Crippen LogP contribution in [0.4, 0.5) is 5.69 Å². The lowest BCUT2D eigenvalue weighted by atomic mass is 9.89. The maximum Gasteiger partial charge on any atom is 0.227 e. The molecule has 0 bridgehead atoms. The van der Waals surface area contributed by atoms with Crippen LogP contribution in [-0.4, -0.2) is 11.8 Å². The van der Waals surface area contributed by atoms with Crippen molar-refractivity contribution >= 4 is 17.5 Å². The summed E-state index contributed by atoms with van der Waals surface area (Å²) in [7, 11) is 0.